The quantitative estimate of drug-likeness (QED) is 0.854. The Morgan fingerprint density at radius 2 is 2.31 bits per heavy atom. The maximum absolute atomic E-state index is 12.0. The number of hydrogen-bond acceptors (Lipinski definition) is 3. The standard InChI is InChI=1S/C11H7BrO4/c12-5-1-2-8-6(3-5)9(13)7-4-11(7,16-8)10(14)15/h1-3,7H,4H2,(H,14,15)/t7-,11+/m1/s1. The Kier molecular flexibility index (Phi) is 1.75. The zero-order chi connectivity index (χ0) is 11.5. The Hall–Kier alpha value is -1.36. The van der Waals surface area contributed by atoms with E-state index >= 15 is 0 Å². The predicted octanol–water partition coefficient (Wildman–Crippen LogP) is 1.87. The molecule has 0 radical (unpaired) electrons. The van der Waals surface area contributed by atoms with E-state index in [4.69, 9.17) is 9.84 Å². The Labute approximate surface area is 99.3 Å². The van der Waals surface area contributed by atoms with Crippen LogP contribution >= 0.6 is 15.9 Å². The second-order valence-electron chi connectivity index (χ2n) is 4.06. The molecule has 82 valence electrons. The summed E-state index contributed by atoms with van der Waals surface area (Å²) in [6.07, 6.45) is 0.271. The van der Waals surface area contributed by atoms with Gasteiger partial charge in [0, 0.05) is 10.9 Å². The second kappa shape index (κ2) is 2.85. The molecule has 0 bridgehead atoms. The molecule has 0 unspecified atom stereocenters. The topological polar surface area (TPSA) is 63.6 Å². The molecule has 5 heteroatoms. The van der Waals surface area contributed by atoms with Crippen LogP contribution in [0.2, 0.25) is 0 Å². The minimum Gasteiger partial charge on any atom is -0.478 e. The summed E-state index contributed by atoms with van der Waals surface area (Å²) in [4.78, 5) is 23.0. The lowest BCUT2D eigenvalue weighted by molar-refractivity contribution is -0.148. The number of carboxylic acid groups (broad SMARTS) is 1. The summed E-state index contributed by atoms with van der Waals surface area (Å²) >= 11 is 3.27. The van der Waals surface area contributed by atoms with Crippen molar-refractivity contribution in [3.05, 3.63) is 28.2 Å². The molecule has 16 heavy (non-hydrogen) atoms. The highest BCUT2D eigenvalue weighted by atomic mass is 79.9. The van der Waals surface area contributed by atoms with Gasteiger partial charge in [0.05, 0.1) is 11.5 Å². The fourth-order valence-electron chi connectivity index (χ4n) is 2.11. The van der Waals surface area contributed by atoms with Crippen LogP contribution in [0, 0.1) is 5.92 Å². The summed E-state index contributed by atoms with van der Waals surface area (Å²) in [6, 6.07) is 5.02. The van der Waals surface area contributed by atoms with Crippen LogP contribution < -0.4 is 4.74 Å². The van der Waals surface area contributed by atoms with Crippen molar-refractivity contribution in [3.63, 3.8) is 0 Å². The molecule has 0 amide bonds. The van der Waals surface area contributed by atoms with E-state index in [2.05, 4.69) is 15.9 Å². The van der Waals surface area contributed by atoms with Gasteiger partial charge in [-0.05, 0) is 18.2 Å². The van der Waals surface area contributed by atoms with Gasteiger partial charge in [0.25, 0.3) is 0 Å². The van der Waals surface area contributed by atoms with Crippen LogP contribution in [0.3, 0.4) is 0 Å². The van der Waals surface area contributed by atoms with Gasteiger partial charge in [0.15, 0.2) is 5.78 Å². The van der Waals surface area contributed by atoms with E-state index in [1.807, 2.05) is 0 Å². The molecule has 1 N–H and O–H groups in total. The Morgan fingerprint density at radius 1 is 1.56 bits per heavy atom. The Bertz CT molecular complexity index is 525. The smallest absolute Gasteiger partial charge is 0.348 e. The van der Waals surface area contributed by atoms with Gasteiger partial charge in [-0.15, -0.1) is 0 Å². The van der Waals surface area contributed by atoms with E-state index < -0.39 is 17.5 Å². The van der Waals surface area contributed by atoms with E-state index in [1.165, 1.54) is 0 Å². The summed E-state index contributed by atoms with van der Waals surface area (Å²) in [5.74, 6) is -1.35. The minimum atomic E-state index is -1.29. The monoisotopic (exact) mass is 282 g/mol. The fraction of sp³-hybridized carbons (Fsp3) is 0.273. The number of Topliss-reactive ketones (excluding diaryl/α,β-unsaturated/α-hetero) is 1. The third kappa shape index (κ3) is 1.09. The summed E-state index contributed by atoms with van der Waals surface area (Å²) in [5.41, 5.74) is -0.827. The first-order valence-electron chi connectivity index (χ1n) is 4.81. The molecule has 2 atom stereocenters. The number of aliphatic carboxylic acids is 1. The third-order valence-electron chi connectivity index (χ3n) is 3.09. The number of hydrogen-bond donors (Lipinski definition) is 1. The average molecular weight is 283 g/mol. The van der Waals surface area contributed by atoms with Crippen LogP contribution in [0.5, 0.6) is 5.75 Å². The number of fused-ring (bicyclic) bond motifs is 2. The summed E-state index contributed by atoms with van der Waals surface area (Å²) < 4.78 is 6.22. The maximum atomic E-state index is 12.0. The molecule has 4 nitrogen and oxygen atoms in total. The molecule has 3 rings (SSSR count). The molecule has 1 aliphatic heterocycles. The summed E-state index contributed by atoms with van der Waals surface area (Å²) in [6.45, 7) is 0. The van der Waals surface area contributed by atoms with E-state index in [0.29, 0.717) is 11.3 Å². The number of halogens is 1. The predicted molar refractivity (Wildman–Crippen MR) is 57.6 cm³/mol. The lowest BCUT2D eigenvalue weighted by Gasteiger charge is -2.22. The van der Waals surface area contributed by atoms with E-state index in [0.717, 1.165) is 4.47 Å². The molecular formula is C11H7BrO4. The highest BCUT2D eigenvalue weighted by Gasteiger charge is 2.69. The lowest BCUT2D eigenvalue weighted by atomic mass is 10.0. The first-order chi connectivity index (χ1) is 7.54. The van der Waals surface area contributed by atoms with Gasteiger partial charge < -0.3 is 9.84 Å². The molecule has 1 heterocycles. The largest absolute Gasteiger partial charge is 0.478 e. The number of carbonyl (C=O) groups is 2. The zero-order valence-corrected chi connectivity index (χ0v) is 9.65. The number of ether oxygens (including phenoxy) is 1. The van der Waals surface area contributed by atoms with Gasteiger partial charge in [0.1, 0.15) is 5.75 Å². The van der Waals surface area contributed by atoms with Crippen LogP contribution in [-0.4, -0.2) is 22.5 Å². The first-order valence-corrected chi connectivity index (χ1v) is 5.60. The number of benzene rings is 1. The van der Waals surface area contributed by atoms with Gasteiger partial charge in [-0.3, -0.25) is 4.79 Å². The van der Waals surface area contributed by atoms with E-state index in [1.54, 1.807) is 18.2 Å². The zero-order valence-electron chi connectivity index (χ0n) is 8.07. The molecule has 0 saturated heterocycles. The van der Waals surface area contributed by atoms with Gasteiger partial charge in [-0.2, -0.15) is 0 Å². The van der Waals surface area contributed by atoms with Gasteiger partial charge in [-0.1, -0.05) is 15.9 Å². The van der Waals surface area contributed by atoms with Crippen LogP contribution in [0.25, 0.3) is 0 Å². The molecule has 1 fully saturated rings. The number of carboxylic acids is 1. The van der Waals surface area contributed by atoms with Crippen LogP contribution in [-0.2, 0) is 4.79 Å². The number of ketones is 1. The SMILES string of the molecule is O=C1c2cc(Br)ccc2O[C@@]2(C(=O)O)C[C@H]12. The Balaban J connectivity index is 2.11. The molecule has 1 aromatic carbocycles. The van der Waals surface area contributed by atoms with Crippen molar-refractivity contribution in [1.29, 1.82) is 0 Å². The van der Waals surface area contributed by atoms with Crippen molar-refractivity contribution in [2.45, 2.75) is 12.0 Å². The number of carbonyl (C=O) groups excluding carboxylic acids is 1. The van der Waals surface area contributed by atoms with Gasteiger partial charge >= 0.3 is 5.97 Å². The first kappa shape index (κ1) is 9.84. The lowest BCUT2D eigenvalue weighted by Crippen LogP contribution is -2.37. The second-order valence-corrected chi connectivity index (χ2v) is 4.97. The van der Waals surface area contributed by atoms with Crippen molar-refractivity contribution in [1.82, 2.24) is 0 Å². The normalized spacial score (nSPS) is 30.1. The van der Waals surface area contributed by atoms with E-state index in [9.17, 15) is 9.59 Å². The van der Waals surface area contributed by atoms with Crippen molar-refractivity contribution >= 4 is 27.7 Å². The molecule has 0 spiro atoms. The van der Waals surface area contributed by atoms with E-state index in [-0.39, 0.29) is 12.2 Å². The third-order valence-corrected chi connectivity index (χ3v) is 3.58. The highest BCUT2D eigenvalue weighted by molar-refractivity contribution is 9.10. The van der Waals surface area contributed by atoms with Crippen molar-refractivity contribution in [3.8, 4) is 5.75 Å². The molecule has 1 saturated carbocycles. The Morgan fingerprint density at radius 3 is 3.00 bits per heavy atom. The molecule has 2 aliphatic rings. The summed E-state index contributed by atoms with van der Waals surface area (Å²) in [5, 5.41) is 9.05. The van der Waals surface area contributed by atoms with Crippen LogP contribution in [0.15, 0.2) is 22.7 Å². The van der Waals surface area contributed by atoms with Crippen LogP contribution in [0.1, 0.15) is 16.8 Å². The molecule has 0 aromatic heterocycles. The van der Waals surface area contributed by atoms with Gasteiger partial charge in [0.2, 0.25) is 5.60 Å². The minimum absolute atomic E-state index is 0.134. The summed E-state index contributed by atoms with van der Waals surface area (Å²) in [7, 11) is 0. The van der Waals surface area contributed by atoms with Crippen molar-refractivity contribution < 1.29 is 19.4 Å². The average Bonchev–Trinajstić information content (AvgIpc) is 2.96. The van der Waals surface area contributed by atoms with Crippen molar-refractivity contribution in [2.75, 3.05) is 0 Å². The molecular weight excluding hydrogens is 276 g/mol. The maximum Gasteiger partial charge on any atom is 0.348 e. The molecule has 1 aliphatic carbocycles. The number of rotatable bonds is 1. The van der Waals surface area contributed by atoms with Gasteiger partial charge in [-0.25, -0.2) is 4.79 Å². The highest BCUT2D eigenvalue weighted by Crippen LogP contribution is 2.54. The van der Waals surface area contributed by atoms with Crippen LogP contribution in [0.4, 0.5) is 0 Å². The van der Waals surface area contributed by atoms with Crippen molar-refractivity contribution in [2.24, 2.45) is 5.92 Å². The fourth-order valence-corrected chi connectivity index (χ4v) is 2.47. The molecule has 1 aromatic rings.